The molecule has 1 amide bonds. The monoisotopic (exact) mass is 335 g/mol. The summed E-state index contributed by atoms with van der Waals surface area (Å²) < 4.78 is 0. The van der Waals surface area contributed by atoms with Gasteiger partial charge < -0.3 is 15.5 Å². The number of aromatic hydroxyl groups is 1. The number of nitrogens with zero attached hydrogens (tertiary/aromatic N) is 2. The quantitative estimate of drug-likeness (QED) is 0.664. The fourth-order valence-electron chi connectivity index (χ4n) is 2.40. The van der Waals surface area contributed by atoms with Crippen LogP contribution in [0.2, 0.25) is 0 Å². The summed E-state index contributed by atoms with van der Waals surface area (Å²) in [5.41, 5.74) is 3.24. The maximum atomic E-state index is 12.0. The van der Waals surface area contributed by atoms with Gasteiger partial charge in [0.05, 0.1) is 30.4 Å². The van der Waals surface area contributed by atoms with E-state index in [1.807, 2.05) is 12.1 Å². The normalized spacial score (nSPS) is 10.4. The van der Waals surface area contributed by atoms with Crippen molar-refractivity contribution in [3.63, 3.8) is 0 Å². The molecule has 0 radical (unpaired) electrons. The highest BCUT2D eigenvalue weighted by atomic mass is 16.3. The highest BCUT2D eigenvalue weighted by molar-refractivity contribution is 5.95. The minimum absolute atomic E-state index is 0.108. The van der Waals surface area contributed by atoms with Crippen LogP contribution in [0.5, 0.6) is 5.75 Å². The maximum Gasteiger partial charge on any atom is 0.251 e. The Morgan fingerprint density at radius 2 is 1.68 bits per heavy atom. The third-order valence-corrected chi connectivity index (χ3v) is 3.59. The summed E-state index contributed by atoms with van der Waals surface area (Å²) in [4.78, 5) is 20.8. The number of aliphatic hydroxyl groups is 1. The molecule has 0 aliphatic heterocycles. The second-order valence-corrected chi connectivity index (χ2v) is 5.40. The van der Waals surface area contributed by atoms with Crippen LogP contribution in [0.3, 0.4) is 0 Å². The molecule has 6 nitrogen and oxygen atoms in total. The van der Waals surface area contributed by atoms with E-state index >= 15 is 0 Å². The number of phenols is 1. The maximum absolute atomic E-state index is 12.0. The van der Waals surface area contributed by atoms with Crippen LogP contribution in [0.4, 0.5) is 0 Å². The van der Waals surface area contributed by atoms with Gasteiger partial charge in [-0.2, -0.15) is 0 Å². The summed E-state index contributed by atoms with van der Waals surface area (Å²) in [5, 5.41) is 21.0. The number of benzene rings is 2. The van der Waals surface area contributed by atoms with Crippen molar-refractivity contribution in [1.29, 1.82) is 0 Å². The molecule has 0 bridgehead atoms. The van der Waals surface area contributed by atoms with Gasteiger partial charge in [0.2, 0.25) is 0 Å². The van der Waals surface area contributed by atoms with E-state index in [1.54, 1.807) is 48.8 Å². The Morgan fingerprint density at radius 3 is 2.36 bits per heavy atom. The van der Waals surface area contributed by atoms with Crippen LogP contribution in [-0.4, -0.2) is 39.2 Å². The van der Waals surface area contributed by atoms with Gasteiger partial charge >= 0.3 is 0 Å². The molecular weight excluding hydrogens is 318 g/mol. The molecule has 0 saturated carbocycles. The van der Waals surface area contributed by atoms with Gasteiger partial charge in [-0.3, -0.25) is 9.78 Å². The van der Waals surface area contributed by atoms with Crippen LogP contribution in [0, 0.1) is 0 Å². The van der Waals surface area contributed by atoms with Crippen molar-refractivity contribution in [2.75, 3.05) is 13.2 Å². The number of hydrogen-bond donors (Lipinski definition) is 3. The molecular formula is C19H17N3O3. The first-order valence-corrected chi connectivity index (χ1v) is 7.78. The summed E-state index contributed by atoms with van der Waals surface area (Å²) >= 11 is 0. The lowest BCUT2D eigenvalue weighted by molar-refractivity contribution is 0.0945. The van der Waals surface area contributed by atoms with Crippen LogP contribution < -0.4 is 5.32 Å². The van der Waals surface area contributed by atoms with E-state index in [0.717, 1.165) is 11.1 Å². The Hall–Kier alpha value is -3.25. The zero-order valence-corrected chi connectivity index (χ0v) is 13.4. The molecule has 1 aromatic heterocycles. The predicted molar refractivity (Wildman–Crippen MR) is 94.0 cm³/mol. The number of hydrogen-bond acceptors (Lipinski definition) is 5. The third-order valence-electron chi connectivity index (χ3n) is 3.59. The average molecular weight is 335 g/mol. The van der Waals surface area contributed by atoms with Gasteiger partial charge in [-0.25, -0.2) is 4.98 Å². The number of carbonyl (C=O) groups excluding carboxylic acids is 1. The fraction of sp³-hybridized carbons (Fsp3) is 0.105. The third kappa shape index (κ3) is 3.99. The van der Waals surface area contributed by atoms with Crippen LogP contribution in [0.15, 0.2) is 60.9 Å². The lowest BCUT2D eigenvalue weighted by Crippen LogP contribution is -2.26. The van der Waals surface area contributed by atoms with Crippen LogP contribution in [0.1, 0.15) is 10.4 Å². The Labute approximate surface area is 144 Å². The smallest absolute Gasteiger partial charge is 0.251 e. The molecule has 1 heterocycles. The number of rotatable bonds is 5. The number of nitrogens with one attached hydrogen (secondary N) is 1. The minimum Gasteiger partial charge on any atom is -0.508 e. The van der Waals surface area contributed by atoms with Crippen molar-refractivity contribution in [2.45, 2.75) is 0 Å². The molecule has 2 aromatic carbocycles. The first-order chi connectivity index (χ1) is 12.2. The SMILES string of the molecule is O=C(NCCO)c1cccc(-c2cncc(-c3cccc(O)c3)n2)c1. The minimum atomic E-state index is -0.256. The summed E-state index contributed by atoms with van der Waals surface area (Å²) in [7, 11) is 0. The summed E-state index contributed by atoms with van der Waals surface area (Å²) in [5.74, 6) is -0.0970. The van der Waals surface area contributed by atoms with Gasteiger partial charge in [0.15, 0.2) is 0 Å². The largest absolute Gasteiger partial charge is 0.508 e. The highest BCUT2D eigenvalue weighted by Crippen LogP contribution is 2.24. The molecule has 0 fully saturated rings. The number of phenolic OH excluding ortho intramolecular Hbond substituents is 1. The van der Waals surface area contributed by atoms with Gasteiger partial charge in [-0.05, 0) is 24.3 Å². The molecule has 0 saturated heterocycles. The highest BCUT2D eigenvalue weighted by Gasteiger charge is 2.09. The van der Waals surface area contributed by atoms with E-state index in [-0.39, 0.29) is 24.8 Å². The molecule has 0 spiro atoms. The van der Waals surface area contributed by atoms with E-state index in [9.17, 15) is 9.90 Å². The second kappa shape index (κ2) is 7.55. The topological polar surface area (TPSA) is 95.3 Å². The first-order valence-electron chi connectivity index (χ1n) is 7.78. The fourth-order valence-corrected chi connectivity index (χ4v) is 2.40. The Kier molecular flexibility index (Phi) is 5.01. The summed E-state index contributed by atoms with van der Waals surface area (Å²) in [6, 6.07) is 13.8. The standard InChI is InChI=1S/C19H17N3O3/c23-8-7-21-19(25)15-5-1-3-13(9-15)17-11-20-12-18(22-17)14-4-2-6-16(24)10-14/h1-6,9-12,23-24H,7-8H2,(H,21,25). The molecule has 3 aromatic rings. The van der Waals surface area contributed by atoms with Crippen molar-refractivity contribution in [3.8, 4) is 28.3 Å². The molecule has 6 heteroatoms. The Bertz CT molecular complexity index is 896. The predicted octanol–water partition coefficient (Wildman–Crippen LogP) is 2.24. The van der Waals surface area contributed by atoms with Crippen LogP contribution in [0.25, 0.3) is 22.5 Å². The molecule has 3 N–H and O–H groups in total. The van der Waals surface area contributed by atoms with Gasteiger partial charge in [-0.15, -0.1) is 0 Å². The molecule has 0 aliphatic rings. The van der Waals surface area contributed by atoms with E-state index in [2.05, 4.69) is 15.3 Å². The van der Waals surface area contributed by atoms with E-state index in [1.165, 1.54) is 0 Å². The second-order valence-electron chi connectivity index (χ2n) is 5.40. The van der Waals surface area contributed by atoms with Gasteiger partial charge in [0.25, 0.3) is 5.91 Å². The first kappa shape index (κ1) is 16.6. The molecule has 0 atom stereocenters. The molecule has 0 unspecified atom stereocenters. The van der Waals surface area contributed by atoms with Crippen molar-refractivity contribution in [1.82, 2.24) is 15.3 Å². The van der Waals surface area contributed by atoms with Crippen molar-refractivity contribution >= 4 is 5.91 Å². The summed E-state index contributed by atoms with van der Waals surface area (Å²) in [6.45, 7) is 0.0960. The Balaban J connectivity index is 1.92. The molecule has 126 valence electrons. The number of amides is 1. The lowest BCUT2D eigenvalue weighted by Gasteiger charge is -2.07. The number of carbonyl (C=O) groups is 1. The van der Waals surface area contributed by atoms with Crippen molar-refractivity contribution in [2.24, 2.45) is 0 Å². The number of aromatic nitrogens is 2. The zero-order chi connectivity index (χ0) is 17.6. The van der Waals surface area contributed by atoms with Gasteiger partial charge in [-0.1, -0.05) is 24.3 Å². The van der Waals surface area contributed by atoms with Crippen molar-refractivity contribution < 1.29 is 15.0 Å². The molecule has 3 rings (SSSR count). The van der Waals surface area contributed by atoms with E-state index < -0.39 is 0 Å². The van der Waals surface area contributed by atoms with Gasteiger partial charge in [0, 0.05) is 23.2 Å². The average Bonchev–Trinajstić information content (AvgIpc) is 2.66. The van der Waals surface area contributed by atoms with E-state index in [0.29, 0.717) is 17.0 Å². The summed E-state index contributed by atoms with van der Waals surface area (Å²) in [6.07, 6.45) is 3.24. The van der Waals surface area contributed by atoms with Crippen LogP contribution >= 0.6 is 0 Å². The molecule has 25 heavy (non-hydrogen) atoms. The Morgan fingerprint density at radius 1 is 1.00 bits per heavy atom. The van der Waals surface area contributed by atoms with Gasteiger partial charge in [0.1, 0.15) is 5.75 Å². The van der Waals surface area contributed by atoms with Crippen molar-refractivity contribution in [3.05, 3.63) is 66.5 Å². The number of aliphatic hydroxyl groups excluding tert-OH is 1. The van der Waals surface area contributed by atoms with Crippen LogP contribution in [-0.2, 0) is 0 Å². The molecule has 0 aliphatic carbocycles. The zero-order valence-electron chi connectivity index (χ0n) is 13.4. The van der Waals surface area contributed by atoms with E-state index in [4.69, 9.17) is 5.11 Å². The lowest BCUT2D eigenvalue weighted by atomic mass is 10.1.